The van der Waals surface area contributed by atoms with Crippen LogP contribution in [0.1, 0.15) is 25.1 Å². The lowest BCUT2D eigenvalue weighted by Crippen LogP contribution is -2.45. The van der Waals surface area contributed by atoms with Crippen molar-refractivity contribution < 1.29 is 9.53 Å². The van der Waals surface area contributed by atoms with Gasteiger partial charge in [0.1, 0.15) is 10.8 Å². The zero-order valence-corrected chi connectivity index (χ0v) is 19.2. The summed E-state index contributed by atoms with van der Waals surface area (Å²) in [5.74, 6) is 0.881. The van der Waals surface area contributed by atoms with Crippen molar-refractivity contribution in [3.05, 3.63) is 51.4 Å². The Kier molecular flexibility index (Phi) is 6.67. The number of morpholine rings is 1. The molecule has 0 aromatic carbocycles. The van der Waals surface area contributed by atoms with E-state index in [1.807, 2.05) is 35.8 Å². The van der Waals surface area contributed by atoms with Crippen molar-refractivity contribution in [1.82, 2.24) is 15.3 Å². The summed E-state index contributed by atoms with van der Waals surface area (Å²) in [5.41, 5.74) is 1.73. The van der Waals surface area contributed by atoms with Crippen LogP contribution >= 0.6 is 34.3 Å². The number of nitrogens with one attached hydrogen (secondary N) is 1. The highest BCUT2D eigenvalue weighted by molar-refractivity contribution is 7.23. The Hall–Kier alpha value is -2.00. The Morgan fingerprint density at radius 1 is 1.27 bits per heavy atom. The summed E-state index contributed by atoms with van der Waals surface area (Å²) in [6.07, 6.45) is 2.46. The minimum atomic E-state index is -0.0593. The Morgan fingerprint density at radius 2 is 2.07 bits per heavy atom. The van der Waals surface area contributed by atoms with Crippen molar-refractivity contribution in [2.75, 3.05) is 18.0 Å². The normalized spacial score (nSPS) is 19.1. The van der Waals surface area contributed by atoms with Gasteiger partial charge in [-0.05, 0) is 37.6 Å². The van der Waals surface area contributed by atoms with Gasteiger partial charge in [-0.3, -0.25) is 4.79 Å². The maximum Gasteiger partial charge on any atom is 0.226 e. The Morgan fingerprint density at radius 3 is 2.73 bits per heavy atom. The molecule has 0 radical (unpaired) electrons. The number of pyridine rings is 1. The van der Waals surface area contributed by atoms with E-state index in [4.69, 9.17) is 16.3 Å². The molecule has 2 unspecified atom stereocenters. The number of amides is 1. The highest BCUT2D eigenvalue weighted by Crippen LogP contribution is 2.33. The first-order valence-electron chi connectivity index (χ1n) is 9.78. The Bertz CT molecular complexity index is 995. The van der Waals surface area contributed by atoms with E-state index in [-0.39, 0.29) is 24.5 Å². The molecule has 30 heavy (non-hydrogen) atoms. The number of carbonyl (C=O) groups excluding carboxylic acids is 1. The zero-order chi connectivity index (χ0) is 21.1. The van der Waals surface area contributed by atoms with Gasteiger partial charge in [0.25, 0.3) is 0 Å². The van der Waals surface area contributed by atoms with Crippen LogP contribution in [0, 0.1) is 0 Å². The van der Waals surface area contributed by atoms with Crippen LogP contribution in [0.25, 0.3) is 9.88 Å². The first-order chi connectivity index (χ1) is 14.5. The molecule has 0 saturated carbocycles. The third-order valence-electron chi connectivity index (χ3n) is 4.72. The second-order valence-corrected chi connectivity index (χ2v) is 9.96. The van der Waals surface area contributed by atoms with Crippen molar-refractivity contribution >= 4 is 46.0 Å². The molecule has 0 spiro atoms. The number of ether oxygens (including phenoxy) is 1. The Labute approximate surface area is 188 Å². The molecule has 2 atom stereocenters. The summed E-state index contributed by atoms with van der Waals surface area (Å²) in [6.45, 7) is 6.27. The highest BCUT2D eigenvalue weighted by Gasteiger charge is 2.23. The van der Waals surface area contributed by atoms with E-state index in [1.165, 1.54) is 22.7 Å². The predicted molar refractivity (Wildman–Crippen MR) is 122 cm³/mol. The molecular weight excluding hydrogens is 440 g/mol. The van der Waals surface area contributed by atoms with Gasteiger partial charge in [-0.1, -0.05) is 17.7 Å². The summed E-state index contributed by atoms with van der Waals surface area (Å²) >= 11 is 9.00. The molecule has 3 aromatic heterocycles. The van der Waals surface area contributed by atoms with Crippen molar-refractivity contribution in [2.24, 2.45) is 0 Å². The molecule has 1 aliphatic heterocycles. The average molecular weight is 463 g/mol. The van der Waals surface area contributed by atoms with Crippen LogP contribution in [0.4, 0.5) is 5.82 Å². The van der Waals surface area contributed by atoms with Gasteiger partial charge >= 0.3 is 0 Å². The minimum Gasteiger partial charge on any atom is -0.372 e. The van der Waals surface area contributed by atoms with Crippen LogP contribution in [0.5, 0.6) is 0 Å². The smallest absolute Gasteiger partial charge is 0.226 e. The first-order valence-corrected chi connectivity index (χ1v) is 11.9. The molecule has 1 amide bonds. The van der Waals surface area contributed by atoms with E-state index in [0.717, 1.165) is 44.4 Å². The third kappa shape index (κ3) is 5.37. The lowest BCUT2D eigenvalue weighted by Gasteiger charge is -2.36. The first kappa shape index (κ1) is 21.2. The van der Waals surface area contributed by atoms with Crippen LogP contribution < -0.4 is 10.2 Å². The quantitative estimate of drug-likeness (QED) is 0.588. The molecule has 0 bridgehead atoms. The van der Waals surface area contributed by atoms with E-state index < -0.39 is 0 Å². The van der Waals surface area contributed by atoms with E-state index in [2.05, 4.69) is 34.0 Å². The topological polar surface area (TPSA) is 67.4 Å². The van der Waals surface area contributed by atoms with Gasteiger partial charge in [0.2, 0.25) is 5.91 Å². The lowest BCUT2D eigenvalue weighted by molar-refractivity contribution is -0.120. The number of thiophene rings is 1. The summed E-state index contributed by atoms with van der Waals surface area (Å²) in [7, 11) is 0. The maximum atomic E-state index is 12.3. The number of thiazole rings is 1. The molecule has 0 aliphatic carbocycles. The van der Waals surface area contributed by atoms with Crippen molar-refractivity contribution in [3.63, 3.8) is 0 Å². The molecule has 3 aromatic rings. The van der Waals surface area contributed by atoms with Crippen LogP contribution in [0.2, 0.25) is 4.34 Å². The number of rotatable bonds is 6. The number of anilines is 1. The second-order valence-electron chi connectivity index (χ2n) is 7.39. The summed E-state index contributed by atoms with van der Waals surface area (Å²) in [4.78, 5) is 24.7. The second kappa shape index (κ2) is 9.43. The summed E-state index contributed by atoms with van der Waals surface area (Å²) in [6, 6.07) is 7.82. The molecule has 9 heteroatoms. The van der Waals surface area contributed by atoms with E-state index >= 15 is 0 Å². The largest absolute Gasteiger partial charge is 0.372 e. The fraction of sp³-hybridized carbons (Fsp3) is 0.381. The molecule has 1 N–H and O–H groups in total. The SMILES string of the molecule is CC1CN(c2ccc(CNC(=O)Cc3csc(-c4ccc(Cl)s4)n3)cn2)CC(C)O1. The summed E-state index contributed by atoms with van der Waals surface area (Å²) in [5, 5.41) is 5.76. The van der Waals surface area contributed by atoms with E-state index in [0.29, 0.717) is 6.54 Å². The van der Waals surface area contributed by atoms with Crippen LogP contribution in [0.15, 0.2) is 35.8 Å². The molecule has 1 aliphatic rings. The third-order valence-corrected chi connectivity index (χ3v) is 7.01. The average Bonchev–Trinajstić information content (AvgIpc) is 3.35. The van der Waals surface area contributed by atoms with Gasteiger partial charge in [0.05, 0.1) is 33.5 Å². The van der Waals surface area contributed by atoms with Gasteiger partial charge < -0.3 is 15.0 Å². The molecule has 1 fully saturated rings. The van der Waals surface area contributed by atoms with Crippen molar-refractivity contribution in [3.8, 4) is 9.88 Å². The Balaban J connectivity index is 1.28. The van der Waals surface area contributed by atoms with Crippen LogP contribution in [-0.4, -0.2) is 41.2 Å². The maximum absolute atomic E-state index is 12.3. The van der Waals surface area contributed by atoms with Crippen LogP contribution in [0.3, 0.4) is 0 Å². The fourth-order valence-electron chi connectivity index (χ4n) is 3.43. The molecule has 6 nitrogen and oxygen atoms in total. The lowest BCUT2D eigenvalue weighted by atomic mass is 10.2. The molecular formula is C21H23ClN4O2S2. The van der Waals surface area contributed by atoms with Crippen molar-refractivity contribution in [1.29, 1.82) is 0 Å². The standard InChI is InChI=1S/C21H23ClN4O2S2/c1-13-10-26(11-14(2)28-13)19-6-3-15(8-23-19)9-24-20(27)7-16-12-29-21(25-16)17-4-5-18(22)30-17/h3-6,8,12-14H,7,9-11H2,1-2H3,(H,24,27). The predicted octanol–water partition coefficient (Wildman–Crippen LogP) is 4.39. The fourth-order valence-corrected chi connectivity index (χ4v) is 5.37. The number of hydrogen-bond donors (Lipinski definition) is 1. The number of hydrogen-bond acceptors (Lipinski definition) is 7. The monoisotopic (exact) mass is 462 g/mol. The van der Waals surface area contributed by atoms with Gasteiger partial charge in [0.15, 0.2) is 0 Å². The van der Waals surface area contributed by atoms with E-state index in [1.54, 1.807) is 0 Å². The number of halogens is 1. The number of nitrogens with zero attached hydrogens (tertiary/aromatic N) is 3. The molecule has 4 rings (SSSR count). The minimum absolute atomic E-state index is 0.0593. The summed E-state index contributed by atoms with van der Waals surface area (Å²) < 4.78 is 6.51. The zero-order valence-electron chi connectivity index (χ0n) is 16.8. The highest BCUT2D eigenvalue weighted by atomic mass is 35.5. The molecule has 4 heterocycles. The van der Waals surface area contributed by atoms with Gasteiger partial charge in [0, 0.05) is 31.2 Å². The molecule has 1 saturated heterocycles. The van der Waals surface area contributed by atoms with Gasteiger partial charge in [-0.15, -0.1) is 22.7 Å². The van der Waals surface area contributed by atoms with E-state index in [9.17, 15) is 4.79 Å². The van der Waals surface area contributed by atoms with Gasteiger partial charge in [-0.2, -0.15) is 0 Å². The molecule has 158 valence electrons. The van der Waals surface area contributed by atoms with Crippen molar-refractivity contribution in [2.45, 2.75) is 39.0 Å². The van der Waals surface area contributed by atoms with Gasteiger partial charge in [-0.25, -0.2) is 9.97 Å². The van der Waals surface area contributed by atoms with Crippen LogP contribution in [-0.2, 0) is 22.5 Å². The number of carbonyl (C=O) groups is 1. The number of aromatic nitrogens is 2.